The van der Waals surface area contributed by atoms with Gasteiger partial charge < -0.3 is 10.3 Å². The molecule has 7 heteroatoms. The number of aromatic amines is 1. The largest absolute Gasteiger partial charge is 0.352 e. The maximum atomic E-state index is 11.8. The number of hydrogen-bond acceptors (Lipinski definition) is 5. The van der Waals surface area contributed by atoms with Crippen molar-refractivity contribution in [3.8, 4) is 0 Å². The number of hydrogen-bond donors (Lipinski definition) is 2. The Balaban J connectivity index is 1.81. The lowest BCUT2D eigenvalue weighted by Crippen LogP contribution is -2.26. The van der Waals surface area contributed by atoms with Gasteiger partial charge in [0.1, 0.15) is 5.01 Å². The van der Waals surface area contributed by atoms with Crippen LogP contribution in [0.5, 0.6) is 0 Å². The van der Waals surface area contributed by atoms with Crippen molar-refractivity contribution >= 4 is 29.0 Å². The predicted molar refractivity (Wildman–Crippen MR) is 82.4 cm³/mol. The third kappa shape index (κ3) is 4.21. The first-order valence-corrected chi connectivity index (χ1v) is 8.35. The highest BCUT2D eigenvalue weighted by Crippen LogP contribution is 2.15. The number of rotatable bonds is 6. The van der Waals surface area contributed by atoms with Gasteiger partial charge in [-0.15, -0.1) is 11.3 Å². The molecule has 2 N–H and O–H groups in total. The van der Waals surface area contributed by atoms with Gasteiger partial charge in [0, 0.05) is 36.4 Å². The van der Waals surface area contributed by atoms with Gasteiger partial charge in [0.2, 0.25) is 5.56 Å². The van der Waals surface area contributed by atoms with E-state index in [4.69, 9.17) is 0 Å². The molecule has 0 spiro atoms. The monoisotopic (exact) mass is 309 g/mol. The van der Waals surface area contributed by atoms with Crippen LogP contribution in [0, 0.1) is 0 Å². The van der Waals surface area contributed by atoms with Crippen molar-refractivity contribution in [2.75, 3.05) is 12.8 Å². The molecule has 0 aliphatic carbocycles. The summed E-state index contributed by atoms with van der Waals surface area (Å²) in [4.78, 5) is 29.7. The Labute approximate surface area is 124 Å². The van der Waals surface area contributed by atoms with E-state index in [9.17, 15) is 9.59 Å². The fourth-order valence-electron chi connectivity index (χ4n) is 1.61. The summed E-state index contributed by atoms with van der Waals surface area (Å²) in [7, 11) is 0. The zero-order valence-electron chi connectivity index (χ0n) is 11.0. The van der Waals surface area contributed by atoms with Gasteiger partial charge in [0.25, 0.3) is 5.91 Å². The Morgan fingerprint density at radius 2 is 2.35 bits per heavy atom. The number of nitrogens with zero attached hydrogens (tertiary/aromatic N) is 1. The summed E-state index contributed by atoms with van der Waals surface area (Å²) in [6.07, 6.45) is 4.17. The van der Waals surface area contributed by atoms with Gasteiger partial charge in [-0.3, -0.25) is 9.59 Å². The van der Waals surface area contributed by atoms with Crippen molar-refractivity contribution in [3.05, 3.63) is 50.3 Å². The fourth-order valence-corrected chi connectivity index (χ4v) is 3.16. The first kappa shape index (κ1) is 14.8. The Kier molecular flexibility index (Phi) is 5.37. The van der Waals surface area contributed by atoms with Crippen LogP contribution in [0.1, 0.15) is 21.1 Å². The molecule has 1 amide bonds. The minimum absolute atomic E-state index is 0.194. The van der Waals surface area contributed by atoms with Crippen molar-refractivity contribution in [2.45, 2.75) is 12.2 Å². The fraction of sp³-hybridized carbons (Fsp3) is 0.308. The van der Waals surface area contributed by atoms with Gasteiger partial charge in [-0.25, -0.2) is 4.98 Å². The van der Waals surface area contributed by atoms with E-state index < -0.39 is 0 Å². The maximum absolute atomic E-state index is 11.8. The Morgan fingerprint density at radius 1 is 1.50 bits per heavy atom. The molecule has 0 bridgehead atoms. The summed E-state index contributed by atoms with van der Waals surface area (Å²) in [5, 5.41) is 5.94. The van der Waals surface area contributed by atoms with Crippen LogP contribution in [-0.4, -0.2) is 28.7 Å². The van der Waals surface area contributed by atoms with E-state index in [1.807, 2.05) is 11.6 Å². The predicted octanol–water partition coefficient (Wildman–Crippen LogP) is 1.67. The van der Waals surface area contributed by atoms with E-state index in [0.717, 1.165) is 16.5 Å². The number of carbonyl (C=O) groups is 1. The molecule has 5 nitrogen and oxygen atoms in total. The van der Waals surface area contributed by atoms with Crippen LogP contribution in [0.15, 0.2) is 28.5 Å². The molecule has 0 atom stereocenters. The van der Waals surface area contributed by atoms with Gasteiger partial charge in [0.05, 0.1) is 11.3 Å². The summed E-state index contributed by atoms with van der Waals surface area (Å²) in [5.41, 5.74) is 1.23. The molecule has 0 aliphatic heterocycles. The number of aromatic nitrogens is 2. The zero-order chi connectivity index (χ0) is 14.4. The normalized spacial score (nSPS) is 10.4. The number of H-pyrrole nitrogens is 1. The molecule has 0 unspecified atom stereocenters. The van der Waals surface area contributed by atoms with Crippen molar-refractivity contribution in [2.24, 2.45) is 0 Å². The lowest BCUT2D eigenvalue weighted by atomic mass is 10.2. The highest BCUT2D eigenvalue weighted by Gasteiger charge is 2.06. The highest BCUT2D eigenvalue weighted by molar-refractivity contribution is 7.97. The van der Waals surface area contributed by atoms with Gasteiger partial charge in [-0.1, -0.05) is 0 Å². The van der Waals surface area contributed by atoms with Crippen LogP contribution in [0.2, 0.25) is 0 Å². The summed E-state index contributed by atoms with van der Waals surface area (Å²) < 4.78 is 0. The van der Waals surface area contributed by atoms with Gasteiger partial charge >= 0.3 is 0 Å². The second-order valence-corrected chi connectivity index (χ2v) is 5.92. The lowest BCUT2D eigenvalue weighted by molar-refractivity contribution is 0.0953. The Bertz CT molecular complexity index is 616. The van der Waals surface area contributed by atoms with Crippen LogP contribution in [0.3, 0.4) is 0 Å². The van der Waals surface area contributed by atoms with Crippen LogP contribution >= 0.6 is 23.1 Å². The average molecular weight is 309 g/mol. The second kappa shape index (κ2) is 7.25. The molecule has 106 valence electrons. The Morgan fingerprint density at radius 3 is 3.05 bits per heavy atom. The van der Waals surface area contributed by atoms with Crippen molar-refractivity contribution in [1.82, 2.24) is 15.3 Å². The molecule has 2 aromatic rings. The molecule has 2 rings (SSSR count). The van der Waals surface area contributed by atoms with Gasteiger partial charge in [-0.2, -0.15) is 11.8 Å². The van der Waals surface area contributed by atoms with Crippen LogP contribution < -0.4 is 10.9 Å². The Hall–Kier alpha value is -1.60. The molecule has 0 fully saturated rings. The number of thioether (sulfide) groups is 1. The van der Waals surface area contributed by atoms with Crippen molar-refractivity contribution in [3.63, 3.8) is 0 Å². The third-order valence-electron chi connectivity index (χ3n) is 2.58. The van der Waals surface area contributed by atoms with Crippen LogP contribution in [-0.2, 0) is 12.2 Å². The number of carbonyl (C=O) groups excluding carboxylic acids is 1. The highest BCUT2D eigenvalue weighted by atomic mass is 32.2. The summed E-state index contributed by atoms with van der Waals surface area (Å²) in [6.45, 7) is 0.528. The number of pyridine rings is 1. The van der Waals surface area contributed by atoms with E-state index in [2.05, 4.69) is 15.3 Å². The summed E-state index contributed by atoms with van der Waals surface area (Å²) in [6, 6.07) is 2.84. The molecule has 0 aliphatic rings. The first-order valence-electron chi connectivity index (χ1n) is 6.08. The van der Waals surface area contributed by atoms with Crippen molar-refractivity contribution < 1.29 is 4.79 Å². The topological polar surface area (TPSA) is 74.8 Å². The molecule has 2 heterocycles. The molecular formula is C13H15N3O2S2. The second-order valence-electron chi connectivity index (χ2n) is 4.11. The maximum Gasteiger partial charge on any atom is 0.252 e. The smallest absolute Gasteiger partial charge is 0.252 e. The molecule has 0 aromatic carbocycles. The number of thiazole rings is 1. The van der Waals surface area contributed by atoms with Crippen LogP contribution in [0.25, 0.3) is 0 Å². The van der Waals surface area contributed by atoms with Gasteiger partial charge in [-0.05, 0) is 12.3 Å². The molecule has 0 saturated heterocycles. The number of nitrogens with one attached hydrogen (secondary N) is 2. The minimum atomic E-state index is -0.217. The quantitative estimate of drug-likeness (QED) is 0.851. The van der Waals surface area contributed by atoms with Crippen LogP contribution in [0.4, 0.5) is 0 Å². The zero-order valence-corrected chi connectivity index (χ0v) is 12.6. The van der Waals surface area contributed by atoms with E-state index in [1.54, 1.807) is 23.1 Å². The minimum Gasteiger partial charge on any atom is -0.352 e. The lowest BCUT2D eigenvalue weighted by Gasteiger charge is -2.03. The van der Waals surface area contributed by atoms with E-state index in [1.165, 1.54) is 18.3 Å². The SMILES string of the molecule is CSCc1nc(CCNC(=O)c2ccc(=O)[nH]c2)cs1. The molecule has 0 saturated carbocycles. The number of amides is 1. The average Bonchev–Trinajstić information content (AvgIpc) is 2.87. The molecular weight excluding hydrogens is 294 g/mol. The third-order valence-corrected chi connectivity index (χ3v) is 4.22. The summed E-state index contributed by atoms with van der Waals surface area (Å²) in [5.74, 6) is 0.731. The van der Waals surface area contributed by atoms with E-state index in [0.29, 0.717) is 18.5 Å². The molecule has 20 heavy (non-hydrogen) atoms. The van der Waals surface area contributed by atoms with E-state index >= 15 is 0 Å². The van der Waals surface area contributed by atoms with Crippen molar-refractivity contribution in [1.29, 1.82) is 0 Å². The first-order chi connectivity index (χ1) is 9.69. The standard InChI is InChI=1S/C13H15N3O2S2/c1-19-8-12-16-10(7-20-12)4-5-14-13(18)9-2-3-11(17)15-6-9/h2-3,6-7H,4-5,8H2,1H3,(H,14,18)(H,15,17). The van der Waals surface area contributed by atoms with Gasteiger partial charge in [0.15, 0.2) is 0 Å². The molecule has 2 aromatic heterocycles. The summed E-state index contributed by atoms with van der Waals surface area (Å²) >= 11 is 3.39. The molecule has 0 radical (unpaired) electrons. The van der Waals surface area contributed by atoms with E-state index in [-0.39, 0.29) is 11.5 Å².